The van der Waals surface area contributed by atoms with Gasteiger partial charge in [-0.15, -0.1) is 0 Å². The van der Waals surface area contributed by atoms with Crippen LogP contribution in [0.1, 0.15) is 13.8 Å². The maximum atomic E-state index is 5.10. The topological polar surface area (TPSA) is 36.9 Å². The zero-order valence-electron chi connectivity index (χ0n) is 8.45. The van der Waals surface area contributed by atoms with Gasteiger partial charge < -0.3 is 16.5 Å². The summed E-state index contributed by atoms with van der Waals surface area (Å²) < 4.78 is 20.4. The molecule has 77 valence electrons. The highest BCUT2D eigenvalue weighted by Crippen LogP contribution is 1.79. The second-order valence-electron chi connectivity index (χ2n) is 2.39. The number of hydrogen-bond donors (Lipinski definition) is 0. The zero-order valence-corrected chi connectivity index (χ0v) is 14.1. The van der Waals surface area contributed by atoms with Gasteiger partial charge in [-0.3, -0.25) is 0 Å². The summed E-state index contributed by atoms with van der Waals surface area (Å²) in [5, 5.41) is 0. The third-order valence-electron chi connectivity index (χ3n) is 1.24. The molecule has 0 amide bonds. The monoisotopic (exact) mass is 253 g/mol. The molecule has 0 atom stereocenters. The highest BCUT2D eigenvalue weighted by molar-refractivity contribution is 6.50. The van der Waals surface area contributed by atoms with Gasteiger partial charge >= 0.3 is 0 Å². The van der Waals surface area contributed by atoms with Crippen LogP contribution in [0.2, 0.25) is 12.6 Å². The Morgan fingerprint density at radius 1 is 0.769 bits per heavy atom. The Hall–Kier alpha value is 0.772. The van der Waals surface area contributed by atoms with Crippen molar-refractivity contribution in [3.8, 4) is 0 Å². The molecule has 0 aliphatic carbocycles. The van der Waals surface area contributed by atoms with Gasteiger partial charge in [0, 0.05) is 0 Å². The van der Waals surface area contributed by atoms with E-state index in [1.165, 1.54) is 12.6 Å². The van der Waals surface area contributed by atoms with Crippen LogP contribution < -0.4 is 0 Å². The minimum absolute atomic E-state index is 0.653. The molecule has 1 aliphatic heterocycles. The van der Waals surface area contributed by atoms with E-state index in [0.717, 1.165) is 0 Å². The van der Waals surface area contributed by atoms with Gasteiger partial charge in [-0.05, 0) is 0 Å². The molecule has 0 unspecified atom stereocenters. The molecule has 9 heteroatoms. The summed E-state index contributed by atoms with van der Waals surface area (Å²) >= 11 is 0. The molecule has 0 saturated carbocycles. The van der Waals surface area contributed by atoms with Crippen LogP contribution in [0, 0.1) is 0 Å². The third-order valence-corrected chi connectivity index (χ3v) is 6.58. The molecule has 1 aliphatic rings. The van der Waals surface area contributed by atoms with Crippen molar-refractivity contribution in [1.29, 1.82) is 0 Å². The predicted molar refractivity (Wildman–Crippen MR) is 65.2 cm³/mol. The van der Waals surface area contributed by atoms with Crippen LogP contribution in [0.3, 0.4) is 0 Å². The van der Waals surface area contributed by atoms with Crippen molar-refractivity contribution in [2.45, 2.75) is 26.5 Å². The molecular formula is C4H18BO4Si4. The SMILES string of the molecule is CC[B]CC.O1[SiH2]O[SiH2]O[SiH2]O[SiH2]1. The van der Waals surface area contributed by atoms with Gasteiger partial charge in [0.2, 0.25) is 0 Å². The Labute approximate surface area is 90.6 Å². The van der Waals surface area contributed by atoms with E-state index in [-0.39, 0.29) is 0 Å². The fourth-order valence-electron chi connectivity index (χ4n) is 0.660. The van der Waals surface area contributed by atoms with Crippen LogP contribution in [0.15, 0.2) is 0 Å². The van der Waals surface area contributed by atoms with E-state index in [2.05, 4.69) is 21.1 Å². The lowest BCUT2D eigenvalue weighted by molar-refractivity contribution is 0.347. The lowest BCUT2D eigenvalue weighted by Gasteiger charge is -2.10. The van der Waals surface area contributed by atoms with Crippen LogP contribution in [0.4, 0.5) is 0 Å². The normalized spacial score (nSPS) is 25.1. The first-order valence-electron chi connectivity index (χ1n) is 4.54. The van der Waals surface area contributed by atoms with Gasteiger partial charge in [-0.25, -0.2) is 0 Å². The van der Waals surface area contributed by atoms with E-state index < -0.39 is 40.0 Å². The van der Waals surface area contributed by atoms with E-state index in [1.54, 1.807) is 0 Å². The second-order valence-corrected chi connectivity index (χ2v) is 9.87. The van der Waals surface area contributed by atoms with Crippen molar-refractivity contribution in [1.82, 2.24) is 0 Å². The zero-order chi connectivity index (χ0) is 9.78. The van der Waals surface area contributed by atoms with Crippen molar-refractivity contribution < 1.29 is 16.5 Å². The van der Waals surface area contributed by atoms with Crippen molar-refractivity contribution in [2.24, 2.45) is 0 Å². The third kappa shape index (κ3) is 12.8. The van der Waals surface area contributed by atoms with Gasteiger partial charge in [0.15, 0.2) is 0 Å². The summed E-state index contributed by atoms with van der Waals surface area (Å²) in [7, 11) is -0.361. The van der Waals surface area contributed by atoms with Crippen LogP contribution in [0.5, 0.6) is 0 Å². The summed E-state index contributed by atoms with van der Waals surface area (Å²) in [6.45, 7) is 4.31. The fraction of sp³-hybridized carbons (Fsp3) is 1.00. The maximum absolute atomic E-state index is 5.10. The molecule has 1 rings (SSSR count). The van der Waals surface area contributed by atoms with E-state index in [1.807, 2.05) is 0 Å². The molecule has 0 N–H and O–H groups in total. The molecule has 1 radical (unpaired) electrons. The standard InChI is InChI=1S/C4H10B.H8O4Si4/c1-3-5-4-2;1-5-2-7-4-8-3-6-1/h3-4H2,1-2H3;5-8H2. The van der Waals surface area contributed by atoms with Gasteiger partial charge in [0.1, 0.15) is 7.28 Å². The van der Waals surface area contributed by atoms with E-state index >= 15 is 0 Å². The summed E-state index contributed by atoms with van der Waals surface area (Å²) in [6.07, 6.45) is 2.44. The largest absolute Gasteiger partial charge is 0.425 e. The Morgan fingerprint density at radius 3 is 1.23 bits per heavy atom. The van der Waals surface area contributed by atoms with E-state index in [4.69, 9.17) is 16.5 Å². The lowest BCUT2D eigenvalue weighted by Crippen LogP contribution is -2.23. The maximum Gasteiger partial charge on any atom is 0.286 e. The lowest BCUT2D eigenvalue weighted by atomic mass is 9.73. The van der Waals surface area contributed by atoms with Crippen molar-refractivity contribution in [2.75, 3.05) is 0 Å². The quantitative estimate of drug-likeness (QED) is 0.516. The summed E-state index contributed by atoms with van der Waals surface area (Å²) in [6, 6.07) is 0. The van der Waals surface area contributed by atoms with Gasteiger partial charge in [0.25, 0.3) is 40.0 Å². The molecule has 0 aromatic heterocycles. The highest BCUT2D eigenvalue weighted by Gasteiger charge is 1.97. The first kappa shape index (κ1) is 13.8. The van der Waals surface area contributed by atoms with Crippen LogP contribution in [-0.4, -0.2) is 47.3 Å². The van der Waals surface area contributed by atoms with Crippen LogP contribution in [0.25, 0.3) is 0 Å². The highest BCUT2D eigenvalue weighted by atomic mass is 28.4. The van der Waals surface area contributed by atoms with Crippen molar-refractivity contribution in [3.05, 3.63) is 0 Å². The Bertz CT molecular complexity index is 74.2. The number of hydrogen-bond acceptors (Lipinski definition) is 4. The van der Waals surface area contributed by atoms with Gasteiger partial charge in [0.05, 0.1) is 0 Å². The molecule has 0 spiro atoms. The predicted octanol–water partition coefficient (Wildman–Crippen LogP) is -2.37. The molecule has 13 heavy (non-hydrogen) atoms. The summed E-state index contributed by atoms with van der Waals surface area (Å²) in [5.74, 6) is 0. The Kier molecular flexibility index (Phi) is 13.5. The minimum Gasteiger partial charge on any atom is -0.425 e. The summed E-state index contributed by atoms with van der Waals surface area (Å²) in [4.78, 5) is 0. The average Bonchev–Trinajstić information content (AvgIpc) is 2.05. The minimum atomic E-state index is -0.653. The first-order valence-corrected chi connectivity index (χ1v) is 9.16. The molecule has 0 bridgehead atoms. The average molecular weight is 253 g/mol. The van der Waals surface area contributed by atoms with Crippen LogP contribution in [-0.2, 0) is 16.5 Å². The van der Waals surface area contributed by atoms with E-state index in [0.29, 0.717) is 0 Å². The first-order chi connectivity index (χ1) is 6.41. The fourth-order valence-corrected chi connectivity index (χ4v) is 7.88. The summed E-state index contributed by atoms with van der Waals surface area (Å²) in [5.41, 5.74) is 0. The van der Waals surface area contributed by atoms with Gasteiger partial charge in [-0.1, -0.05) is 26.5 Å². The molecule has 1 saturated heterocycles. The second kappa shape index (κ2) is 12.8. The Morgan fingerprint density at radius 2 is 1.08 bits per heavy atom. The molecule has 1 fully saturated rings. The van der Waals surface area contributed by atoms with Crippen LogP contribution >= 0.6 is 0 Å². The van der Waals surface area contributed by atoms with E-state index in [9.17, 15) is 0 Å². The number of rotatable bonds is 2. The van der Waals surface area contributed by atoms with Crippen molar-refractivity contribution >= 4 is 47.3 Å². The van der Waals surface area contributed by atoms with Gasteiger partial charge in [-0.2, -0.15) is 0 Å². The molecule has 1 heterocycles. The molecule has 0 aromatic carbocycles. The molecule has 4 nitrogen and oxygen atoms in total. The Balaban J connectivity index is 0.000000252. The molecule has 0 aromatic rings. The van der Waals surface area contributed by atoms with Crippen molar-refractivity contribution in [3.63, 3.8) is 0 Å². The molecular weight excluding hydrogens is 235 g/mol. The smallest absolute Gasteiger partial charge is 0.286 e.